The summed E-state index contributed by atoms with van der Waals surface area (Å²) in [5.74, 6) is -15.1. The molecule has 570 valence electrons. The fraction of sp³-hybridized carbons (Fsp3) is 0.431. The SMILES string of the molecule is CC[C@H](C)[C@@H]1NC(=O)[C@H](CC(N)=O)NC(=O)[C@H]([C@@H](C)CC)NC(=O)[C@H](Cc2ccc(O)cc2)NC(=O)[C@H](Cc2c[nH]c3ccccc23)NC(=O)[C@H](CO)NC(=O)[C@H](CC(N)=O)NC(=O)[C@H](C)N(C)C2=C3CCCN3C(=O)[C@H]2NC(=O)[C@H](Cc2c[nH]cn2)NC(=O)NC(=O)[C@H](Cc2c[nH]c3ccccc23)NC1=O. The zero-order valence-corrected chi connectivity index (χ0v) is 59.8. The van der Waals surface area contributed by atoms with Crippen molar-refractivity contribution in [3.63, 3.8) is 0 Å². The third-order valence-corrected chi connectivity index (χ3v) is 19.6. The zero-order valence-electron chi connectivity index (χ0n) is 59.8. The predicted octanol–water partition coefficient (Wildman–Crippen LogP) is -2.08. The number of likely N-dealkylation sites (N-methyl/N-ethyl adjacent to an activating group) is 1. The molecule has 13 atom stereocenters. The van der Waals surface area contributed by atoms with Gasteiger partial charge in [-0.15, -0.1) is 0 Å². The summed E-state index contributed by atoms with van der Waals surface area (Å²) < 4.78 is 0. The molecule has 3 aromatic heterocycles. The number of para-hydroxylation sites is 2. The van der Waals surface area contributed by atoms with Gasteiger partial charge in [0.05, 0.1) is 37.2 Å². The van der Waals surface area contributed by atoms with Gasteiger partial charge in [0.15, 0.2) is 6.04 Å². The van der Waals surface area contributed by atoms with Gasteiger partial charge in [0, 0.05) is 85.4 Å². The number of fused-ring (bicyclic) bond motifs is 4. The van der Waals surface area contributed by atoms with Crippen LogP contribution in [0.4, 0.5) is 4.79 Å². The molecule has 20 N–H and O–H groups in total. The van der Waals surface area contributed by atoms with Gasteiger partial charge in [-0.2, -0.15) is 0 Å². The second-order valence-electron chi connectivity index (χ2n) is 27.1. The fourth-order valence-electron chi connectivity index (χ4n) is 13.1. The number of benzene rings is 3. The van der Waals surface area contributed by atoms with Crippen LogP contribution in [0.3, 0.4) is 0 Å². The van der Waals surface area contributed by atoms with Crippen molar-refractivity contribution in [1.82, 2.24) is 88.2 Å². The molecule has 0 radical (unpaired) electrons. The van der Waals surface area contributed by atoms with Gasteiger partial charge in [0.2, 0.25) is 65.0 Å². The van der Waals surface area contributed by atoms with E-state index in [9.17, 15) is 67.7 Å². The quantitative estimate of drug-likeness (QED) is 0.0466. The number of nitrogens with two attached hydrogens (primary N) is 2. The zero-order chi connectivity index (χ0) is 77.5. The predicted molar refractivity (Wildman–Crippen MR) is 385 cm³/mol. The number of carbonyl (C=O) groups excluding carboxylic acids is 14. The molecule has 6 aromatic rings. The topological polar surface area (TPSA) is 531 Å². The Bertz CT molecular complexity index is 4360. The van der Waals surface area contributed by atoms with Crippen LogP contribution in [0.15, 0.2) is 109 Å². The lowest BCUT2D eigenvalue weighted by Gasteiger charge is -2.32. The largest absolute Gasteiger partial charge is 0.508 e. The number of hydrogen-bond acceptors (Lipinski definition) is 18. The van der Waals surface area contributed by atoms with E-state index in [0.29, 0.717) is 50.6 Å². The summed E-state index contributed by atoms with van der Waals surface area (Å²) in [7, 11) is 1.43. The van der Waals surface area contributed by atoms with E-state index in [-0.39, 0.29) is 68.6 Å². The van der Waals surface area contributed by atoms with Crippen LogP contribution < -0.4 is 70.0 Å². The number of aromatic nitrogens is 4. The van der Waals surface area contributed by atoms with E-state index in [1.165, 1.54) is 60.6 Å². The molecule has 15 amide bonds. The Hall–Kier alpha value is -12.2. The van der Waals surface area contributed by atoms with Crippen LogP contribution in [-0.2, 0) is 88.0 Å². The Kier molecular flexibility index (Phi) is 26.2. The number of imidazole rings is 1. The first-order valence-corrected chi connectivity index (χ1v) is 35.2. The fourth-order valence-corrected chi connectivity index (χ4v) is 13.1. The molecular formula is C72H91N19O16. The van der Waals surface area contributed by atoms with Gasteiger partial charge in [0.25, 0.3) is 11.8 Å². The Balaban J connectivity index is 1.10. The number of H-pyrrole nitrogens is 3. The first-order valence-electron chi connectivity index (χ1n) is 35.2. The van der Waals surface area contributed by atoms with Crippen LogP contribution in [-0.4, -0.2) is 209 Å². The van der Waals surface area contributed by atoms with Gasteiger partial charge < -0.3 is 99.6 Å². The van der Waals surface area contributed by atoms with Crippen molar-refractivity contribution in [3.8, 4) is 5.75 Å². The molecule has 0 aliphatic carbocycles. The average molecular weight is 1480 g/mol. The van der Waals surface area contributed by atoms with Crippen molar-refractivity contribution in [2.75, 3.05) is 20.2 Å². The number of rotatable bonds is 17. The van der Waals surface area contributed by atoms with E-state index in [1.54, 1.807) is 88.6 Å². The number of phenolic OH excluding ortho intramolecular Hbond substituents is 1. The minimum absolute atomic E-state index is 0.131. The number of nitrogens with one attached hydrogen (secondary N) is 14. The maximum Gasteiger partial charge on any atom is 0.322 e. The normalized spacial score (nSPS) is 24.7. The number of carbonyl (C=O) groups is 14. The molecule has 3 aliphatic heterocycles. The summed E-state index contributed by atoms with van der Waals surface area (Å²) in [5.41, 5.74) is 14.7. The first-order chi connectivity index (χ1) is 51.0. The lowest BCUT2D eigenvalue weighted by atomic mass is 9.95. The molecule has 6 heterocycles. The number of aliphatic hydroxyl groups is 1. The molecule has 35 heteroatoms. The Labute approximate surface area is 613 Å². The van der Waals surface area contributed by atoms with Crippen molar-refractivity contribution < 1.29 is 77.3 Å². The number of phenols is 1. The van der Waals surface area contributed by atoms with E-state index in [4.69, 9.17) is 11.5 Å². The molecule has 0 bridgehead atoms. The number of imide groups is 1. The molecule has 107 heavy (non-hydrogen) atoms. The van der Waals surface area contributed by atoms with Crippen molar-refractivity contribution in [3.05, 3.63) is 131 Å². The van der Waals surface area contributed by atoms with Gasteiger partial charge in [-0.3, -0.25) is 67.6 Å². The maximum atomic E-state index is 15.1. The second-order valence-corrected chi connectivity index (χ2v) is 27.1. The number of amides is 15. The molecule has 35 nitrogen and oxygen atoms in total. The molecule has 9 rings (SSSR count). The molecular weight excluding hydrogens is 1390 g/mol. The minimum Gasteiger partial charge on any atom is -0.508 e. The van der Waals surface area contributed by atoms with Gasteiger partial charge >= 0.3 is 6.03 Å². The van der Waals surface area contributed by atoms with Crippen molar-refractivity contribution >= 4 is 105 Å². The summed E-state index contributed by atoms with van der Waals surface area (Å²) in [5, 5.41) is 50.3. The van der Waals surface area contributed by atoms with Crippen LogP contribution in [0, 0.1) is 11.8 Å². The van der Waals surface area contributed by atoms with Crippen molar-refractivity contribution in [2.24, 2.45) is 23.3 Å². The van der Waals surface area contributed by atoms with Gasteiger partial charge in [-0.25, -0.2) is 9.78 Å². The van der Waals surface area contributed by atoms with Crippen LogP contribution in [0.1, 0.15) is 95.5 Å². The smallest absolute Gasteiger partial charge is 0.322 e. The van der Waals surface area contributed by atoms with Crippen molar-refractivity contribution in [1.29, 1.82) is 0 Å². The number of urea groups is 1. The molecule has 0 spiro atoms. The second kappa shape index (κ2) is 35.5. The molecule has 3 aliphatic rings. The Morgan fingerprint density at radius 1 is 0.542 bits per heavy atom. The summed E-state index contributed by atoms with van der Waals surface area (Å²) in [6, 6.07) is 0.121. The highest BCUT2D eigenvalue weighted by atomic mass is 16.3. The monoisotopic (exact) mass is 1480 g/mol. The van der Waals surface area contributed by atoms with E-state index in [2.05, 4.69) is 78.4 Å². The highest BCUT2D eigenvalue weighted by Gasteiger charge is 2.47. The van der Waals surface area contributed by atoms with Gasteiger partial charge in [-0.1, -0.05) is 89.1 Å². The van der Waals surface area contributed by atoms with E-state index < -0.39 is 181 Å². The van der Waals surface area contributed by atoms with Gasteiger partial charge in [-0.05, 0) is 72.6 Å². The highest BCUT2D eigenvalue weighted by Crippen LogP contribution is 2.36. The lowest BCUT2D eigenvalue weighted by molar-refractivity contribution is -0.137. The number of aromatic hydroxyl groups is 1. The van der Waals surface area contributed by atoms with E-state index >= 15 is 9.59 Å². The number of nitrogens with zero attached hydrogens (tertiary/aromatic N) is 3. The number of aliphatic hydroxyl groups excluding tert-OH is 1. The van der Waals surface area contributed by atoms with Crippen LogP contribution in [0.25, 0.3) is 21.8 Å². The highest BCUT2D eigenvalue weighted by molar-refractivity contribution is 6.04. The molecule has 2 saturated heterocycles. The number of aromatic amines is 3. The summed E-state index contributed by atoms with van der Waals surface area (Å²) in [6.45, 7) is 7.04. The van der Waals surface area contributed by atoms with E-state index in [0.717, 1.165) is 0 Å². The van der Waals surface area contributed by atoms with Crippen molar-refractivity contribution in [2.45, 2.75) is 165 Å². The number of hydrogen-bond donors (Lipinski definition) is 18. The standard InChI is InChI=1S/C72H91N19O16/c1-7-35(3)57-69(104)82-49(26-40-31-77-46-17-12-10-15-44(40)46)67(102)89-72(107)85-50(27-41-32-75-34-78-41)65(100)88-59-60(54-18-13-23-91(54)71(59)106)90(6)37(5)61(96)79-51(28-55(73)94)63(98)84-53(33-92)68(103)81-48(25-39-30-76-45-16-11-9-14-43(39)45)62(97)80-47(24-38-19-21-42(93)22-20-38)64(99)86-58(36(4)8-2)70(105)83-52(29-56(74)95)66(101)87-57/h9-12,14-17,19-22,30-32,34-37,47-53,57-59,76-77,92-93H,7-8,13,18,23-29,33H2,1-6H3,(H2,73,94)(H2,74,95)(H,75,78)(H,79,96)(H,80,97)(H,81,103)(H,82,104)(H,83,105)(H,84,98)(H,86,99)(H,87,101)(H,88,100)(H2,85,89,102,107)/t35-,36-,37-,47-,48-,49-,50-,51-,52-,53-,57-,58-,59-/m0/s1. The Morgan fingerprint density at radius 3 is 1.53 bits per heavy atom. The van der Waals surface area contributed by atoms with Gasteiger partial charge in [0.1, 0.15) is 66.2 Å². The molecule has 0 saturated carbocycles. The summed E-state index contributed by atoms with van der Waals surface area (Å²) >= 11 is 0. The van der Waals surface area contributed by atoms with Crippen LogP contribution >= 0.6 is 0 Å². The van der Waals surface area contributed by atoms with Crippen LogP contribution in [0.5, 0.6) is 5.75 Å². The average Bonchev–Trinajstić information content (AvgIpc) is 1.60. The number of allylic oxidation sites excluding steroid dienone is 1. The van der Waals surface area contributed by atoms with E-state index in [1.807, 2.05) is 0 Å². The summed E-state index contributed by atoms with van der Waals surface area (Å²) in [4.78, 5) is 218. The molecule has 3 aromatic carbocycles. The maximum absolute atomic E-state index is 15.1. The Morgan fingerprint density at radius 2 is 1.00 bits per heavy atom. The summed E-state index contributed by atoms with van der Waals surface area (Å²) in [6.07, 6.45) is 4.07. The first kappa shape index (κ1) is 79.0. The minimum atomic E-state index is -1.93. The third-order valence-electron chi connectivity index (χ3n) is 19.6. The third kappa shape index (κ3) is 19.6. The number of primary amides is 2. The lowest BCUT2D eigenvalue weighted by Crippen LogP contribution is -2.62. The molecule has 0 unspecified atom stereocenters. The van der Waals surface area contributed by atoms with Crippen LogP contribution in [0.2, 0.25) is 0 Å². The molecule has 2 fully saturated rings.